The van der Waals surface area contributed by atoms with Crippen molar-refractivity contribution < 1.29 is 4.74 Å². The molecule has 1 N–H and O–H groups in total. The van der Waals surface area contributed by atoms with Gasteiger partial charge in [0, 0.05) is 19.2 Å². The average Bonchev–Trinajstić information content (AvgIpc) is 2.37. The zero-order chi connectivity index (χ0) is 13.2. The summed E-state index contributed by atoms with van der Waals surface area (Å²) in [6.45, 7) is 9.74. The third-order valence-electron chi connectivity index (χ3n) is 3.99. The average molecular weight is 255 g/mol. The van der Waals surface area contributed by atoms with Gasteiger partial charge >= 0.3 is 0 Å². The minimum atomic E-state index is 0.630. The van der Waals surface area contributed by atoms with Crippen LogP contribution in [0.15, 0.2) is 0 Å². The van der Waals surface area contributed by atoms with Gasteiger partial charge in [0.1, 0.15) is 0 Å². The van der Waals surface area contributed by atoms with E-state index in [1.807, 2.05) is 0 Å². The number of hydrogen-bond acceptors (Lipinski definition) is 2. The summed E-state index contributed by atoms with van der Waals surface area (Å²) < 4.78 is 5.79. The molecule has 0 aliphatic heterocycles. The van der Waals surface area contributed by atoms with Crippen LogP contribution in [0.5, 0.6) is 0 Å². The first-order valence-electron chi connectivity index (χ1n) is 7.99. The van der Waals surface area contributed by atoms with Gasteiger partial charge in [-0.2, -0.15) is 0 Å². The van der Waals surface area contributed by atoms with Gasteiger partial charge in [-0.1, -0.05) is 33.1 Å². The lowest BCUT2D eigenvalue weighted by Gasteiger charge is -2.21. The van der Waals surface area contributed by atoms with Gasteiger partial charge in [0.25, 0.3) is 0 Å². The second-order valence-corrected chi connectivity index (χ2v) is 6.41. The molecule has 0 heterocycles. The number of nitrogens with one attached hydrogen (secondary N) is 1. The van der Waals surface area contributed by atoms with E-state index in [0.29, 0.717) is 6.04 Å². The molecule has 0 aromatic heterocycles. The lowest BCUT2D eigenvalue weighted by Crippen LogP contribution is -2.30. The Morgan fingerprint density at radius 2 is 1.78 bits per heavy atom. The first-order valence-corrected chi connectivity index (χ1v) is 7.99. The highest BCUT2D eigenvalue weighted by molar-refractivity contribution is 4.65. The first-order chi connectivity index (χ1) is 8.68. The Morgan fingerprint density at radius 3 is 2.44 bits per heavy atom. The molecule has 2 heteroatoms. The van der Waals surface area contributed by atoms with Crippen LogP contribution in [0.25, 0.3) is 0 Å². The van der Waals surface area contributed by atoms with E-state index < -0.39 is 0 Å². The molecule has 0 aromatic carbocycles. The smallest absolute Gasteiger partial charge is 0.0591 e. The summed E-state index contributed by atoms with van der Waals surface area (Å²) >= 11 is 0. The Hall–Kier alpha value is -0.0800. The molecule has 1 fully saturated rings. The van der Waals surface area contributed by atoms with Crippen LogP contribution in [-0.4, -0.2) is 25.8 Å². The van der Waals surface area contributed by atoms with Crippen molar-refractivity contribution in [3.63, 3.8) is 0 Å². The molecule has 0 bridgehead atoms. The zero-order valence-electron chi connectivity index (χ0n) is 12.7. The summed E-state index contributed by atoms with van der Waals surface area (Å²) in [6, 6.07) is 0.630. The van der Waals surface area contributed by atoms with Gasteiger partial charge in [0.15, 0.2) is 0 Å². The first kappa shape index (κ1) is 16.0. The molecule has 1 atom stereocenters. The Morgan fingerprint density at radius 1 is 1.06 bits per heavy atom. The normalized spacial score (nSPS) is 19.3. The molecular formula is C16H33NO. The fourth-order valence-corrected chi connectivity index (χ4v) is 2.67. The van der Waals surface area contributed by atoms with E-state index in [4.69, 9.17) is 4.74 Å². The Labute approximate surface area is 114 Å². The van der Waals surface area contributed by atoms with Crippen molar-refractivity contribution in [2.45, 2.75) is 71.8 Å². The lowest BCUT2D eigenvalue weighted by molar-refractivity contribution is 0.0856. The third-order valence-corrected chi connectivity index (χ3v) is 3.99. The lowest BCUT2D eigenvalue weighted by atomic mass is 9.90. The molecule has 1 aliphatic rings. The van der Waals surface area contributed by atoms with Crippen LogP contribution in [0.1, 0.15) is 65.7 Å². The van der Waals surface area contributed by atoms with Crippen LogP contribution >= 0.6 is 0 Å². The number of ether oxygens (including phenoxy) is 1. The Bertz CT molecular complexity index is 188. The molecule has 2 nitrogen and oxygen atoms in total. The molecule has 0 amide bonds. The van der Waals surface area contributed by atoms with E-state index in [1.165, 1.54) is 44.9 Å². The van der Waals surface area contributed by atoms with Crippen molar-refractivity contribution in [3.05, 3.63) is 0 Å². The minimum absolute atomic E-state index is 0.630. The maximum atomic E-state index is 5.79. The van der Waals surface area contributed by atoms with Crippen molar-refractivity contribution in [2.24, 2.45) is 11.8 Å². The van der Waals surface area contributed by atoms with Gasteiger partial charge in [-0.15, -0.1) is 0 Å². The molecule has 108 valence electrons. The standard InChI is InChI=1S/C16H33NO/c1-14(2)9-10-15(3)17-11-12-18-13-16-7-5-4-6-8-16/h14-17H,4-13H2,1-3H3. The topological polar surface area (TPSA) is 21.3 Å². The van der Waals surface area contributed by atoms with Crippen LogP contribution in [-0.2, 0) is 4.74 Å². The molecular weight excluding hydrogens is 222 g/mol. The summed E-state index contributed by atoms with van der Waals surface area (Å²) in [4.78, 5) is 0. The number of hydrogen-bond donors (Lipinski definition) is 1. The molecule has 1 aliphatic carbocycles. The summed E-state index contributed by atoms with van der Waals surface area (Å²) in [5.41, 5.74) is 0. The molecule has 18 heavy (non-hydrogen) atoms. The van der Waals surface area contributed by atoms with Crippen LogP contribution in [0.4, 0.5) is 0 Å². The molecule has 1 rings (SSSR count). The highest BCUT2D eigenvalue weighted by Gasteiger charge is 2.13. The van der Waals surface area contributed by atoms with Crippen LogP contribution in [0.2, 0.25) is 0 Å². The van der Waals surface area contributed by atoms with E-state index in [9.17, 15) is 0 Å². The monoisotopic (exact) mass is 255 g/mol. The van der Waals surface area contributed by atoms with E-state index in [0.717, 1.165) is 31.6 Å². The second-order valence-electron chi connectivity index (χ2n) is 6.41. The maximum absolute atomic E-state index is 5.79. The molecule has 1 saturated carbocycles. The summed E-state index contributed by atoms with van der Waals surface area (Å²) in [5.74, 6) is 1.66. The van der Waals surface area contributed by atoms with E-state index in [1.54, 1.807) is 0 Å². The predicted octanol–water partition coefficient (Wildman–Crippen LogP) is 4.00. The van der Waals surface area contributed by atoms with Crippen molar-refractivity contribution in [1.29, 1.82) is 0 Å². The fourth-order valence-electron chi connectivity index (χ4n) is 2.67. The number of rotatable bonds is 9. The van der Waals surface area contributed by atoms with Crippen molar-refractivity contribution in [3.8, 4) is 0 Å². The maximum Gasteiger partial charge on any atom is 0.0591 e. The highest BCUT2D eigenvalue weighted by atomic mass is 16.5. The summed E-state index contributed by atoms with van der Waals surface area (Å²) in [5, 5.41) is 3.55. The van der Waals surface area contributed by atoms with Crippen LogP contribution < -0.4 is 5.32 Å². The van der Waals surface area contributed by atoms with Crippen LogP contribution in [0, 0.1) is 11.8 Å². The molecule has 0 radical (unpaired) electrons. The van der Waals surface area contributed by atoms with Crippen molar-refractivity contribution >= 4 is 0 Å². The Balaban J connectivity index is 1.88. The van der Waals surface area contributed by atoms with Crippen LogP contribution in [0.3, 0.4) is 0 Å². The van der Waals surface area contributed by atoms with Gasteiger partial charge in [-0.05, 0) is 44.4 Å². The van der Waals surface area contributed by atoms with Gasteiger partial charge < -0.3 is 10.1 Å². The van der Waals surface area contributed by atoms with Gasteiger partial charge in [-0.25, -0.2) is 0 Å². The van der Waals surface area contributed by atoms with E-state index in [-0.39, 0.29) is 0 Å². The van der Waals surface area contributed by atoms with E-state index in [2.05, 4.69) is 26.1 Å². The molecule has 1 unspecified atom stereocenters. The summed E-state index contributed by atoms with van der Waals surface area (Å²) in [6.07, 6.45) is 9.64. The quantitative estimate of drug-likeness (QED) is 0.629. The fraction of sp³-hybridized carbons (Fsp3) is 1.00. The SMILES string of the molecule is CC(C)CCC(C)NCCOCC1CCCCC1. The highest BCUT2D eigenvalue weighted by Crippen LogP contribution is 2.23. The van der Waals surface area contributed by atoms with Gasteiger partial charge in [0.05, 0.1) is 6.61 Å². The van der Waals surface area contributed by atoms with Crippen molar-refractivity contribution in [1.82, 2.24) is 5.32 Å². The van der Waals surface area contributed by atoms with Gasteiger partial charge in [0.2, 0.25) is 0 Å². The largest absolute Gasteiger partial charge is 0.380 e. The molecule has 0 aromatic rings. The molecule has 0 spiro atoms. The zero-order valence-corrected chi connectivity index (χ0v) is 12.7. The summed E-state index contributed by atoms with van der Waals surface area (Å²) in [7, 11) is 0. The third kappa shape index (κ3) is 8.10. The van der Waals surface area contributed by atoms with Crippen molar-refractivity contribution in [2.75, 3.05) is 19.8 Å². The van der Waals surface area contributed by atoms with E-state index >= 15 is 0 Å². The second kappa shape index (κ2) is 9.80. The predicted molar refractivity (Wildman–Crippen MR) is 78.9 cm³/mol. The minimum Gasteiger partial charge on any atom is -0.380 e. The Kier molecular flexibility index (Phi) is 8.70. The van der Waals surface area contributed by atoms with Gasteiger partial charge in [-0.3, -0.25) is 0 Å². The molecule has 0 saturated heterocycles.